The van der Waals surface area contributed by atoms with Gasteiger partial charge >= 0.3 is 0 Å². The Hall–Kier alpha value is -1.99. The van der Waals surface area contributed by atoms with Gasteiger partial charge in [-0.15, -0.1) is 12.4 Å². The van der Waals surface area contributed by atoms with Gasteiger partial charge in [-0.3, -0.25) is 9.59 Å². The third-order valence-electron chi connectivity index (χ3n) is 2.39. The van der Waals surface area contributed by atoms with Gasteiger partial charge in [-0.05, 0) is 19.1 Å². The molecule has 0 radical (unpaired) electrons. The molecule has 0 spiro atoms. The summed E-state index contributed by atoms with van der Waals surface area (Å²) >= 11 is 0. The molecule has 7 nitrogen and oxygen atoms in total. The zero-order valence-corrected chi connectivity index (χ0v) is 12.8. The smallest absolute Gasteiger partial charge is 0.243 e. The molecule has 1 rings (SSSR count). The molecule has 0 aliphatic carbocycles. The van der Waals surface area contributed by atoms with Crippen molar-refractivity contribution in [2.24, 2.45) is 5.73 Å². The van der Waals surface area contributed by atoms with Gasteiger partial charge in [0, 0.05) is 6.07 Å². The van der Waals surface area contributed by atoms with Crippen LogP contribution >= 0.6 is 12.4 Å². The second-order valence-corrected chi connectivity index (χ2v) is 3.82. The summed E-state index contributed by atoms with van der Waals surface area (Å²) < 4.78 is 10.5. The van der Waals surface area contributed by atoms with E-state index in [2.05, 4.69) is 10.6 Å². The first-order valence-electron chi connectivity index (χ1n) is 6.18. The SMILES string of the molecule is CCOc1ccc(OC)cc1NC(=O)CNC(=O)CN.Cl. The number of carbonyl (C=O) groups is 2. The summed E-state index contributed by atoms with van der Waals surface area (Å²) in [5.41, 5.74) is 5.62. The Morgan fingerprint density at radius 2 is 2.00 bits per heavy atom. The summed E-state index contributed by atoms with van der Waals surface area (Å²) in [6.45, 7) is 2.01. The van der Waals surface area contributed by atoms with Crippen molar-refractivity contribution in [3.05, 3.63) is 18.2 Å². The van der Waals surface area contributed by atoms with Crippen LogP contribution in [0.2, 0.25) is 0 Å². The molecule has 0 aliphatic heterocycles. The number of halogens is 1. The predicted molar refractivity (Wildman–Crippen MR) is 82.1 cm³/mol. The van der Waals surface area contributed by atoms with Crippen LogP contribution in [0.3, 0.4) is 0 Å². The van der Waals surface area contributed by atoms with E-state index in [0.717, 1.165) is 0 Å². The molecule has 2 amide bonds. The molecule has 0 unspecified atom stereocenters. The van der Waals surface area contributed by atoms with E-state index in [1.807, 2.05) is 6.92 Å². The minimum atomic E-state index is -0.393. The van der Waals surface area contributed by atoms with E-state index in [1.54, 1.807) is 18.2 Å². The summed E-state index contributed by atoms with van der Waals surface area (Å²) in [4.78, 5) is 22.7. The van der Waals surface area contributed by atoms with E-state index in [0.29, 0.717) is 23.8 Å². The second kappa shape index (κ2) is 9.84. The van der Waals surface area contributed by atoms with Crippen LogP contribution in [0.5, 0.6) is 11.5 Å². The molecule has 4 N–H and O–H groups in total. The van der Waals surface area contributed by atoms with Crippen LogP contribution in [0.15, 0.2) is 18.2 Å². The maximum absolute atomic E-state index is 11.7. The first kappa shape index (κ1) is 19.0. The molecule has 0 fully saturated rings. The lowest BCUT2D eigenvalue weighted by Gasteiger charge is -2.13. The van der Waals surface area contributed by atoms with Gasteiger partial charge in [-0.25, -0.2) is 0 Å². The van der Waals surface area contributed by atoms with Crippen molar-refractivity contribution in [2.45, 2.75) is 6.92 Å². The van der Waals surface area contributed by atoms with Gasteiger partial charge in [0.1, 0.15) is 11.5 Å². The highest BCUT2D eigenvalue weighted by molar-refractivity contribution is 5.96. The minimum absolute atomic E-state index is 0. The Labute approximate surface area is 129 Å². The number of ether oxygens (including phenoxy) is 2. The zero-order chi connectivity index (χ0) is 15.0. The Bertz CT molecular complexity index is 482. The molecule has 0 saturated carbocycles. The summed E-state index contributed by atoms with van der Waals surface area (Å²) in [6.07, 6.45) is 0. The van der Waals surface area contributed by atoms with Gasteiger partial charge < -0.3 is 25.8 Å². The molecular formula is C13H20ClN3O4. The number of hydrogen-bond acceptors (Lipinski definition) is 5. The van der Waals surface area contributed by atoms with E-state index in [-0.39, 0.29) is 31.4 Å². The van der Waals surface area contributed by atoms with Crippen molar-refractivity contribution in [1.82, 2.24) is 5.32 Å². The van der Waals surface area contributed by atoms with E-state index < -0.39 is 5.91 Å². The van der Waals surface area contributed by atoms with Crippen LogP contribution in [0, 0.1) is 0 Å². The van der Waals surface area contributed by atoms with Crippen molar-refractivity contribution in [3.63, 3.8) is 0 Å². The Kier molecular flexibility index (Phi) is 8.91. The van der Waals surface area contributed by atoms with Gasteiger partial charge in [0.05, 0.1) is 32.5 Å². The van der Waals surface area contributed by atoms with E-state index >= 15 is 0 Å². The first-order valence-corrected chi connectivity index (χ1v) is 6.18. The fourth-order valence-electron chi connectivity index (χ4n) is 1.46. The van der Waals surface area contributed by atoms with E-state index in [9.17, 15) is 9.59 Å². The number of benzene rings is 1. The number of amides is 2. The van der Waals surface area contributed by atoms with E-state index in [4.69, 9.17) is 15.2 Å². The molecule has 8 heteroatoms. The molecule has 0 aromatic heterocycles. The number of anilines is 1. The fourth-order valence-corrected chi connectivity index (χ4v) is 1.46. The Morgan fingerprint density at radius 1 is 1.29 bits per heavy atom. The Morgan fingerprint density at radius 3 is 2.57 bits per heavy atom. The third kappa shape index (κ3) is 6.33. The molecule has 1 aromatic carbocycles. The fraction of sp³-hybridized carbons (Fsp3) is 0.385. The number of rotatable bonds is 7. The third-order valence-corrected chi connectivity index (χ3v) is 2.39. The second-order valence-electron chi connectivity index (χ2n) is 3.82. The minimum Gasteiger partial charge on any atom is -0.497 e. The zero-order valence-electron chi connectivity index (χ0n) is 12.0. The van der Waals surface area contributed by atoms with Crippen molar-refractivity contribution in [1.29, 1.82) is 0 Å². The molecule has 21 heavy (non-hydrogen) atoms. The molecule has 118 valence electrons. The highest BCUT2D eigenvalue weighted by Gasteiger charge is 2.10. The standard InChI is InChI=1S/C13H19N3O4.ClH/c1-3-20-11-5-4-9(19-2)6-10(11)16-13(18)8-15-12(17)7-14;/h4-6H,3,7-8,14H2,1-2H3,(H,15,17)(H,16,18);1H. The molecule has 0 heterocycles. The molecule has 0 saturated heterocycles. The van der Waals surface area contributed by atoms with Crippen molar-refractivity contribution in [2.75, 3.05) is 32.1 Å². The van der Waals surface area contributed by atoms with Crippen LogP contribution < -0.4 is 25.8 Å². The maximum Gasteiger partial charge on any atom is 0.243 e. The largest absolute Gasteiger partial charge is 0.497 e. The lowest BCUT2D eigenvalue weighted by atomic mass is 10.2. The molecule has 0 bridgehead atoms. The van der Waals surface area contributed by atoms with Gasteiger partial charge in [-0.1, -0.05) is 0 Å². The number of nitrogens with one attached hydrogen (secondary N) is 2. The predicted octanol–water partition coefficient (Wildman–Crippen LogP) is 0.529. The number of nitrogens with two attached hydrogens (primary N) is 1. The van der Waals surface area contributed by atoms with Crippen LogP contribution in [0.1, 0.15) is 6.92 Å². The number of carbonyl (C=O) groups excluding carboxylic acids is 2. The average Bonchev–Trinajstić information content (AvgIpc) is 2.46. The summed E-state index contributed by atoms with van der Waals surface area (Å²) in [7, 11) is 1.53. The normalized spacial score (nSPS) is 9.29. The Balaban J connectivity index is 0.00000400. The van der Waals surface area contributed by atoms with E-state index in [1.165, 1.54) is 7.11 Å². The summed E-state index contributed by atoms with van der Waals surface area (Å²) in [5, 5.41) is 5.03. The molecular weight excluding hydrogens is 298 g/mol. The lowest BCUT2D eigenvalue weighted by Crippen LogP contribution is -2.36. The quantitative estimate of drug-likeness (QED) is 0.680. The van der Waals surface area contributed by atoms with Crippen LogP contribution in [0.4, 0.5) is 5.69 Å². The van der Waals surface area contributed by atoms with Gasteiger partial charge in [0.2, 0.25) is 11.8 Å². The lowest BCUT2D eigenvalue weighted by molar-refractivity contribution is -0.123. The highest BCUT2D eigenvalue weighted by Crippen LogP contribution is 2.29. The van der Waals surface area contributed by atoms with Crippen molar-refractivity contribution in [3.8, 4) is 11.5 Å². The van der Waals surface area contributed by atoms with Gasteiger partial charge in [0.15, 0.2) is 0 Å². The average molecular weight is 318 g/mol. The molecule has 0 aliphatic rings. The van der Waals surface area contributed by atoms with Crippen molar-refractivity contribution >= 4 is 29.9 Å². The molecule has 1 aromatic rings. The highest BCUT2D eigenvalue weighted by atomic mass is 35.5. The van der Waals surface area contributed by atoms with Crippen molar-refractivity contribution < 1.29 is 19.1 Å². The van der Waals surface area contributed by atoms with Gasteiger partial charge in [0.25, 0.3) is 0 Å². The van der Waals surface area contributed by atoms with Crippen LogP contribution in [-0.2, 0) is 9.59 Å². The number of methoxy groups -OCH3 is 1. The van der Waals surface area contributed by atoms with Crippen LogP contribution in [-0.4, -0.2) is 38.6 Å². The first-order chi connectivity index (χ1) is 9.60. The summed E-state index contributed by atoms with van der Waals surface area (Å²) in [6, 6.07) is 5.08. The topological polar surface area (TPSA) is 103 Å². The summed E-state index contributed by atoms with van der Waals surface area (Å²) in [5.74, 6) is 0.360. The van der Waals surface area contributed by atoms with Gasteiger partial charge in [-0.2, -0.15) is 0 Å². The maximum atomic E-state index is 11.7. The monoisotopic (exact) mass is 317 g/mol. The number of hydrogen-bond donors (Lipinski definition) is 3. The van der Waals surface area contributed by atoms with Crippen LogP contribution in [0.25, 0.3) is 0 Å². The molecule has 0 atom stereocenters.